The van der Waals surface area contributed by atoms with Crippen molar-refractivity contribution in [2.45, 2.75) is 0 Å². The Labute approximate surface area is 128 Å². The van der Waals surface area contributed by atoms with Crippen molar-refractivity contribution in [3.05, 3.63) is 28.8 Å². The molecule has 0 aliphatic carbocycles. The Kier molecular flexibility index (Phi) is 4.49. The summed E-state index contributed by atoms with van der Waals surface area (Å²) in [5.41, 5.74) is 0.0619. The fourth-order valence-electron chi connectivity index (χ4n) is 1.62. The monoisotopic (exact) mass is 328 g/mol. The number of hydrogen-bond acceptors (Lipinski definition) is 5. The highest BCUT2D eigenvalue weighted by Gasteiger charge is 2.31. The van der Waals surface area contributed by atoms with Crippen LogP contribution in [0.25, 0.3) is 0 Å². The van der Waals surface area contributed by atoms with Crippen LogP contribution < -0.4 is 5.32 Å². The van der Waals surface area contributed by atoms with Crippen molar-refractivity contribution >= 4 is 52.1 Å². The quantitative estimate of drug-likeness (QED) is 0.871. The second-order valence-corrected chi connectivity index (χ2v) is 5.42. The fourth-order valence-corrected chi connectivity index (χ4v) is 2.51. The van der Waals surface area contributed by atoms with Crippen LogP contribution in [0.5, 0.6) is 0 Å². The average Bonchev–Trinajstić information content (AvgIpc) is 2.73. The second kappa shape index (κ2) is 6.15. The molecule has 9 heteroatoms. The normalized spacial score (nSPS) is 14.4. The summed E-state index contributed by atoms with van der Waals surface area (Å²) in [4.78, 5) is 46.3. The molecule has 0 unspecified atom stereocenters. The van der Waals surface area contributed by atoms with E-state index in [4.69, 9.17) is 16.7 Å². The first kappa shape index (κ1) is 15.3. The lowest BCUT2D eigenvalue weighted by molar-refractivity contribution is -0.128. The number of carbonyl (C=O) groups is 4. The number of benzene rings is 1. The van der Waals surface area contributed by atoms with Crippen molar-refractivity contribution in [3.8, 4) is 0 Å². The molecule has 1 aromatic carbocycles. The molecular formula is C12H9ClN2O5S. The van der Waals surface area contributed by atoms with Crippen molar-refractivity contribution in [2.75, 3.05) is 17.6 Å². The lowest BCUT2D eigenvalue weighted by Crippen LogP contribution is -2.36. The topological polar surface area (TPSA) is 104 Å². The van der Waals surface area contributed by atoms with E-state index in [1.165, 1.54) is 18.2 Å². The van der Waals surface area contributed by atoms with Gasteiger partial charge in [0.15, 0.2) is 0 Å². The second-order valence-electron chi connectivity index (χ2n) is 4.08. The fraction of sp³-hybridized carbons (Fsp3) is 0.167. The van der Waals surface area contributed by atoms with E-state index >= 15 is 0 Å². The van der Waals surface area contributed by atoms with Gasteiger partial charge in [0.1, 0.15) is 6.54 Å². The van der Waals surface area contributed by atoms with Crippen LogP contribution >= 0.6 is 23.4 Å². The molecule has 2 N–H and O–H groups in total. The zero-order chi connectivity index (χ0) is 15.6. The number of nitrogens with one attached hydrogen (secondary N) is 1. The molecule has 1 heterocycles. The predicted molar refractivity (Wildman–Crippen MR) is 76.6 cm³/mol. The lowest BCUT2D eigenvalue weighted by atomic mass is 10.2. The number of amides is 3. The molecule has 0 radical (unpaired) electrons. The molecule has 0 bridgehead atoms. The lowest BCUT2D eigenvalue weighted by Gasteiger charge is -2.13. The van der Waals surface area contributed by atoms with Gasteiger partial charge in [-0.05, 0) is 18.2 Å². The number of imide groups is 1. The Balaban J connectivity index is 2.09. The van der Waals surface area contributed by atoms with Crippen molar-refractivity contribution in [1.29, 1.82) is 0 Å². The van der Waals surface area contributed by atoms with Gasteiger partial charge < -0.3 is 10.4 Å². The summed E-state index contributed by atoms with van der Waals surface area (Å²) < 4.78 is 0. The first-order chi connectivity index (χ1) is 9.88. The molecule has 0 spiro atoms. The number of rotatable bonds is 4. The molecule has 1 saturated heterocycles. The van der Waals surface area contributed by atoms with Gasteiger partial charge in [-0.25, -0.2) is 4.79 Å². The van der Waals surface area contributed by atoms with E-state index in [-0.39, 0.29) is 22.0 Å². The third-order valence-corrected chi connectivity index (χ3v) is 3.82. The molecule has 110 valence electrons. The summed E-state index contributed by atoms with van der Waals surface area (Å²) in [6.45, 7) is -0.432. The standard InChI is InChI=1S/C12H9ClN2O5S/c13-7-2-1-6(11(18)19)3-8(7)14-9(16)4-15-10(17)5-21-12(15)20/h1-3H,4-5H2,(H,14,16)(H,18,19). The van der Waals surface area contributed by atoms with Gasteiger partial charge in [-0.2, -0.15) is 0 Å². The van der Waals surface area contributed by atoms with Gasteiger partial charge in [0.25, 0.3) is 5.24 Å². The minimum Gasteiger partial charge on any atom is -0.478 e. The Morgan fingerprint density at radius 2 is 2.10 bits per heavy atom. The summed E-state index contributed by atoms with van der Waals surface area (Å²) in [5, 5.41) is 10.9. The van der Waals surface area contributed by atoms with E-state index in [1.54, 1.807) is 0 Å². The third kappa shape index (κ3) is 3.53. The van der Waals surface area contributed by atoms with E-state index < -0.39 is 29.6 Å². The minimum atomic E-state index is -1.16. The van der Waals surface area contributed by atoms with E-state index in [9.17, 15) is 19.2 Å². The molecular weight excluding hydrogens is 320 g/mol. The number of hydrogen-bond donors (Lipinski definition) is 2. The van der Waals surface area contributed by atoms with Crippen LogP contribution in [0.2, 0.25) is 5.02 Å². The summed E-state index contributed by atoms with van der Waals surface area (Å²) in [5.74, 6) is -2.22. The first-order valence-corrected chi connectivity index (χ1v) is 7.04. The zero-order valence-electron chi connectivity index (χ0n) is 10.5. The number of halogens is 1. The van der Waals surface area contributed by atoms with Crippen LogP contribution in [-0.4, -0.2) is 45.3 Å². The molecule has 3 amide bonds. The molecule has 7 nitrogen and oxygen atoms in total. The molecule has 0 saturated carbocycles. The predicted octanol–water partition coefficient (Wildman–Crippen LogP) is 1.67. The summed E-state index contributed by atoms with van der Waals surface area (Å²) in [6.07, 6.45) is 0. The number of thioether (sulfide) groups is 1. The summed E-state index contributed by atoms with van der Waals surface area (Å²) >= 11 is 6.68. The Morgan fingerprint density at radius 1 is 1.38 bits per heavy atom. The third-order valence-electron chi connectivity index (χ3n) is 2.63. The number of carboxylic acid groups (broad SMARTS) is 1. The molecule has 1 aliphatic heterocycles. The molecule has 0 atom stereocenters. The van der Waals surface area contributed by atoms with Crippen molar-refractivity contribution in [1.82, 2.24) is 4.90 Å². The number of carboxylic acids is 1. The highest BCUT2D eigenvalue weighted by molar-refractivity contribution is 8.14. The van der Waals surface area contributed by atoms with E-state index in [2.05, 4.69) is 5.32 Å². The van der Waals surface area contributed by atoms with Gasteiger partial charge >= 0.3 is 5.97 Å². The van der Waals surface area contributed by atoms with Crippen LogP contribution in [0.15, 0.2) is 18.2 Å². The smallest absolute Gasteiger partial charge is 0.335 e. The minimum absolute atomic E-state index is 0.0152. The van der Waals surface area contributed by atoms with Gasteiger partial charge in [0.05, 0.1) is 22.0 Å². The van der Waals surface area contributed by atoms with Crippen LogP contribution in [0, 0.1) is 0 Å². The highest BCUT2D eigenvalue weighted by atomic mass is 35.5. The van der Waals surface area contributed by atoms with Crippen molar-refractivity contribution in [3.63, 3.8) is 0 Å². The zero-order valence-corrected chi connectivity index (χ0v) is 12.0. The number of aromatic carboxylic acids is 1. The van der Waals surface area contributed by atoms with Gasteiger partial charge in [-0.3, -0.25) is 19.3 Å². The van der Waals surface area contributed by atoms with Crippen molar-refractivity contribution in [2.24, 2.45) is 0 Å². The first-order valence-electron chi connectivity index (χ1n) is 5.68. The van der Waals surface area contributed by atoms with Crippen LogP contribution in [0.3, 0.4) is 0 Å². The molecule has 1 fully saturated rings. The molecule has 1 aliphatic rings. The van der Waals surface area contributed by atoms with Crippen LogP contribution in [-0.2, 0) is 9.59 Å². The van der Waals surface area contributed by atoms with Crippen LogP contribution in [0.4, 0.5) is 10.5 Å². The van der Waals surface area contributed by atoms with Gasteiger partial charge in [-0.15, -0.1) is 0 Å². The van der Waals surface area contributed by atoms with Crippen LogP contribution in [0.1, 0.15) is 10.4 Å². The SMILES string of the molecule is O=C(CN1C(=O)CSC1=O)Nc1cc(C(=O)O)ccc1Cl. The molecule has 1 aromatic rings. The largest absolute Gasteiger partial charge is 0.478 e. The maximum absolute atomic E-state index is 11.8. The van der Waals surface area contributed by atoms with Crippen molar-refractivity contribution < 1.29 is 24.3 Å². The van der Waals surface area contributed by atoms with E-state index in [0.717, 1.165) is 16.7 Å². The molecule has 2 rings (SSSR count). The Morgan fingerprint density at radius 3 is 2.67 bits per heavy atom. The Hall–Kier alpha value is -2.06. The number of nitrogens with zero attached hydrogens (tertiary/aromatic N) is 1. The van der Waals surface area contributed by atoms with Gasteiger partial charge in [-0.1, -0.05) is 23.4 Å². The number of carbonyl (C=O) groups excluding carboxylic acids is 3. The van der Waals surface area contributed by atoms with Gasteiger partial charge in [0.2, 0.25) is 11.8 Å². The number of anilines is 1. The van der Waals surface area contributed by atoms with E-state index in [1.807, 2.05) is 0 Å². The average molecular weight is 329 g/mol. The molecule has 0 aromatic heterocycles. The highest BCUT2D eigenvalue weighted by Crippen LogP contribution is 2.24. The Bertz CT molecular complexity index is 633. The van der Waals surface area contributed by atoms with Gasteiger partial charge in [0, 0.05) is 0 Å². The molecule has 21 heavy (non-hydrogen) atoms. The van der Waals surface area contributed by atoms with E-state index in [0.29, 0.717) is 0 Å². The maximum Gasteiger partial charge on any atom is 0.335 e. The maximum atomic E-state index is 11.8. The summed E-state index contributed by atoms with van der Waals surface area (Å²) in [6, 6.07) is 3.83. The summed E-state index contributed by atoms with van der Waals surface area (Å²) in [7, 11) is 0.